The van der Waals surface area contributed by atoms with Crippen LogP contribution in [0, 0.1) is 0 Å². The Morgan fingerprint density at radius 1 is 0.386 bits per heavy atom. The number of fused-ring (bicyclic) bond motifs is 17. The Morgan fingerprint density at radius 2 is 0.986 bits per heavy atom. The van der Waals surface area contributed by atoms with Crippen LogP contribution >= 0.6 is 11.3 Å². The number of anilines is 3. The predicted molar refractivity (Wildman–Crippen MR) is 300 cm³/mol. The summed E-state index contributed by atoms with van der Waals surface area (Å²) in [5, 5.41) is 15.2. The Balaban J connectivity index is 0.858. The maximum absolute atomic E-state index is 6.48. The Hall–Kier alpha value is -8.50. The molecule has 2 heterocycles. The molecule has 0 unspecified atom stereocenters. The molecule has 0 radical (unpaired) electrons. The van der Waals surface area contributed by atoms with Gasteiger partial charge in [-0.05, 0) is 143 Å². The number of furan rings is 1. The molecule has 2 nitrogen and oxygen atoms in total. The Labute approximate surface area is 408 Å². The lowest BCUT2D eigenvalue weighted by atomic mass is 9.81. The van der Waals surface area contributed by atoms with Gasteiger partial charge in [-0.15, -0.1) is 11.3 Å². The van der Waals surface area contributed by atoms with E-state index < -0.39 is 0 Å². The molecule has 0 bridgehead atoms. The normalized spacial score (nSPS) is 13.1. The average molecular weight is 910 g/mol. The summed E-state index contributed by atoms with van der Waals surface area (Å²) in [6.45, 7) is 4.79. The van der Waals surface area contributed by atoms with Crippen molar-refractivity contribution in [3.8, 4) is 33.4 Å². The zero-order chi connectivity index (χ0) is 46.2. The zero-order valence-corrected chi connectivity index (χ0v) is 39.4. The van der Waals surface area contributed by atoms with Crippen LogP contribution in [0.15, 0.2) is 229 Å². The molecule has 0 saturated heterocycles. The first kappa shape index (κ1) is 39.5. The van der Waals surface area contributed by atoms with Crippen LogP contribution in [0.3, 0.4) is 0 Å². The highest BCUT2D eigenvalue weighted by atomic mass is 32.1. The van der Waals surface area contributed by atoms with Gasteiger partial charge in [-0.25, -0.2) is 0 Å². The monoisotopic (exact) mass is 909 g/mol. The quantitative estimate of drug-likeness (QED) is 0.160. The Morgan fingerprint density at radius 3 is 1.79 bits per heavy atom. The van der Waals surface area contributed by atoms with E-state index in [0.717, 1.165) is 50.1 Å². The molecule has 0 aliphatic heterocycles. The van der Waals surface area contributed by atoms with Gasteiger partial charge >= 0.3 is 0 Å². The average Bonchev–Trinajstić information content (AvgIpc) is 4.07. The highest BCUT2D eigenvalue weighted by molar-refractivity contribution is 7.26. The number of nitrogens with zero attached hydrogens (tertiary/aromatic N) is 1. The maximum Gasteiger partial charge on any atom is 0.143 e. The second kappa shape index (κ2) is 14.8. The molecule has 328 valence electrons. The summed E-state index contributed by atoms with van der Waals surface area (Å²) in [6, 6.07) is 83.1. The van der Waals surface area contributed by atoms with Crippen molar-refractivity contribution >= 4 is 114 Å². The number of hydrogen-bond acceptors (Lipinski definition) is 3. The lowest BCUT2D eigenvalue weighted by Gasteiger charge is -2.26. The van der Waals surface area contributed by atoms with Crippen LogP contribution < -0.4 is 4.90 Å². The summed E-state index contributed by atoms with van der Waals surface area (Å²) < 4.78 is 9.04. The molecule has 70 heavy (non-hydrogen) atoms. The highest BCUT2D eigenvalue weighted by Crippen LogP contribution is 2.54. The van der Waals surface area contributed by atoms with Crippen LogP contribution in [0.25, 0.3) is 119 Å². The van der Waals surface area contributed by atoms with E-state index in [1.165, 1.54) is 96.6 Å². The summed E-state index contributed by atoms with van der Waals surface area (Å²) in [4.78, 5) is 2.42. The van der Waals surface area contributed by atoms with Gasteiger partial charge in [0.25, 0.3) is 0 Å². The van der Waals surface area contributed by atoms with Gasteiger partial charge in [-0.2, -0.15) is 0 Å². The third kappa shape index (κ3) is 5.67. The van der Waals surface area contributed by atoms with E-state index >= 15 is 0 Å². The van der Waals surface area contributed by atoms with Gasteiger partial charge in [0.05, 0.1) is 10.4 Å². The SMILES string of the molecule is CC1(C)c2cc3c4ccc(-c5ccc(N(c6ccc(-c7cccc8c7oc7ccccc78)cc6)c6cccc7c6sc6ccccc67)cc5)cc4c4ccccc4c3cc2-c2c1ccc1ccccc21. The van der Waals surface area contributed by atoms with Gasteiger partial charge in [-0.1, -0.05) is 178 Å². The van der Waals surface area contributed by atoms with Crippen molar-refractivity contribution in [1.29, 1.82) is 0 Å². The zero-order valence-electron chi connectivity index (χ0n) is 38.6. The minimum atomic E-state index is -0.120. The molecule has 0 spiro atoms. The molecule has 12 aromatic carbocycles. The van der Waals surface area contributed by atoms with Crippen LogP contribution in [0.2, 0.25) is 0 Å². The van der Waals surface area contributed by atoms with Crippen LogP contribution in [0.5, 0.6) is 0 Å². The van der Waals surface area contributed by atoms with E-state index in [9.17, 15) is 0 Å². The maximum atomic E-state index is 6.48. The van der Waals surface area contributed by atoms with E-state index in [1.54, 1.807) is 0 Å². The molecule has 0 fully saturated rings. The van der Waals surface area contributed by atoms with Crippen LogP contribution in [0.1, 0.15) is 25.0 Å². The number of thiophene rings is 1. The minimum absolute atomic E-state index is 0.120. The first-order valence-electron chi connectivity index (χ1n) is 24.2. The molecule has 0 amide bonds. The van der Waals surface area contributed by atoms with E-state index in [4.69, 9.17) is 4.42 Å². The second-order valence-electron chi connectivity index (χ2n) is 19.5. The van der Waals surface area contributed by atoms with Gasteiger partial charge < -0.3 is 9.32 Å². The largest absolute Gasteiger partial charge is 0.455 e. The first-order valence-corrected chi connectivity index (χ1v) is 25.0. The smallest absolute Gasteiger partial charge is 0.143 e. The number of benzene rings is 12. The van der Waals surface area contributed by atoms with Crippen molar-refractivity contribution in [1.82, 2.24) is 0 Å². The standard InChI is InChI=1S/C67H43NOS/c1-67(2)59-36-30-41-13-3-4-14-46(41)64(59)58-38-56-49-16-6-5-15-48(49)55-37-43(29-35-50(55)57(56)39-60(58)67)40-25-31-44(32-26-40)68(61-22-12-21-54-52-18-8-10-24-63(52)70-66(54)61)45-33-27-42(28-34-45)47-19-11-20-53-51-17-7-9-23-62(51)69-65(47)53/h3-39H,1-2H3. The minimum Gasteiger partial charge on any atom is -0.455 e. The van der Waals surface area contributed by atoms with Gasteiger partial charge in [0.1, 0.15) is 11.2 Å². The predicted octanol–water partition coefficient (Wildman–Crippen LogP) is 19.7. The summed E-state index contributed by atoms with van der Waals surface area (Å²) in [6.07, 6.45) is 0. The number of para-hydroxylation sites is 2. The number of hydrogen-bond donors (Lipinski definition) is 0. The molecule has 2 aromatic heterocycles. The molecule has 0 N–H and O–H groups in total. The van der Waals surface area contributed by atoms with Crippen molar-refractivity contribution in [3.63, 3.8) is 0 Å². The molecule has 3 heteroatoms. The molecule has 14 aromatic rings. The molecular weight excluding hydrogens is 867 g/mol. The van der Waals surface area contributed by atoms with Crippen molar-refractivity contribution in [2.45, 2.75) is 19.3 Å². The molecule has 0 atom stereocenters. The van der Waals surface area contributed by atoms with Gasteiger partial charge in [0.15, 0.2) is 0 Å². The molecule has 1 aliphatic rings. The van der Waals surface area contributed by atoms with Gasteiger partial charge in [-0.3, -0.25) is 0 Å². The number of rotatable bonds is 5. The summed E-state index contributed by atoms with van der Waals surface area (Å²) in [5.41, 5.74) is 15.2. The second-order valence-corrected chi connectivity index (χ2v) is 20.6. The van der Waals surface area contributed by atoms with Gasteiger partial charge in [0, 0.05) is 48.6 Å². The highest BCUT2D eigenvalue weighted by Gasteiger charge is 2.37. The molecule has 0 saturated carbocycles. The fourth-order valence-corrected chi connectivity index (χ4v) is 13.2. The summed E-state index contributed by atoms with van der Waals surface area (Å²) in [5.74, 6) is 0. The van der Waals surface area contributed by atoms with Crippen molar-refractivity contribution in [2.75, 3.05) is 4.90 Å². The summed E-state index contributed by atoms with van der Waals surface area (Å²) in [7, 11) is 0. The van der Waals surface area contributed by atoms with E-state index in [-0.39, 0.29) is 5.41 Å². The summed E-state index contributed by atoms with van der Waals surface area (Å²) >= 11 is 1.86. The molecule has 15 rings (SSSR count). The van der Waals surface area contributed by atoms with Crippen molar-refractivity contribution < 1.29 is 4.42 Å². The van der Waals surface area contributed by atoms with E-state index in [2.05, 4.69) is 237 Å². The lowest BCUT2D eigenvalue weighted by molar-refractivity contribution is 0.662. The van der Waals surface area contributed by atoms with Crippen LogP contribution in [0.4, 0.5) is 17.1 Å². The van der Waals surface area contributed by atoms with Crippen molar-refractivity contribution in [3.05, 3.63) is 236 Å². The fourth-order valence-electron chi connectivity index (χ4n) is 12.0. The third-order valence-electron chi connectivity index (χ3n) is 15.4. The molecular formula is C67H43NOS. The first-order chi connectivity index (χ1) is 34.5. The van der Waals surface area contributed by atoms with Crippen LogP contribution in [-0.4, -0.2) is 0 Å². The van der Waals surface area contributed by atoms with E-state index in [0.29, 0.717) is 0 Å². The Bertz CT molecular complexity index is 4500. The molecule has 1 aliphatic carbocycles. The topological polar surface area (TPSA) is 16.4 Å². The Kier molecular flexibility index (Phi) is 8.32. The van der Waals surface area contributed by atoms with Crippen molar-refractivity contribution in [2.24, 2.45) is 0 Å². The third-order valence-corrected chi connectivity index (χ3v) is 16.7. The fraction of sp³-hybridized carbons (Fsp3) is 0.0448. The van der Waals surface area contributed by atoms with Crippen LogP contribution in [-0.2, 0) is 5.41 Å². The van der Waals surface area contributed by atoms with Gasteiger partial charge in [0.2, 0.25) is 0 Å². The lowest BCUT2D eigenvalue weighted by Crippen LogP contribution is -2.14. The van der Waals surface area contributed by atoms with E-state index in [1.807, 2.05) is 17.4 Å².